The van der Waals surface area contributed by atoms with Crippen LogP contribution >= 0.6 is 11.3 Å². The molecule has 2 aromatic heterocycles. The molecule has 0 aliphatic carbocycles. The van der Waals surface area contributed by atoms with Crippen molar-refractivity contribution in [1.82, 2.24) is 20.1 Å². The summed E-state index contributed by atoms with van der Waals surface area (Å²) < 4.78 is 2.92. The third-order valence-corrected chi connectivity index (χ3v) is 6.21. The predicted octanol–water partition coefficient (Wildman–Crippen LogP) is 4.16. The number of thiazole rings is 1. The van der Waals surface area contributed by atoms with Crippen molar-refractivity contribution < 1.29 is 4.79 Å². The van der Waals surface area contributed by atoms with Gasteiger partial charge in [-0.1, -0.05) is 53.3 Å². The van der Waals surface area contributed by atoms with Crippen molar-refractivity contribution in [2.24, 2.45) is 0 Å². The van der Waals surface area contributed by atoms with Crippen LogP contribution in [0.25, 0.3) is 16.0 Å². The largest absolute Gasteiger partial charge is 0.350 e. The first-order valence-electron chi connectivity index (χ1n) is 9.87. The average Bonchev–Trinajstić information content (AvgIpc) is 3.28. The van der Waals surface area contributed by atoms with Crippen molar-refractivity contribution in [2.75, 3.05) is 18.5 Å². The summed E-state index contributed by atoms with van der Waals surface area (Å²) in [6.45, 7) is 6.87. The lowest BCUT2D eigenvalue weighted by atomic mass is 10.1. The maximum Gasteiger partial charge on any atom is 0.239 e. The fourth-order valence-corrected chi connectivity index (χ4v) is 4.22. The minimum absolute atomic E-state index is 0.0330. The van der Waals surface area contributed by atoms with Crippen molar-refractivity contribution in [1.29, 1.82) is 0 Å². The van der Waals surface area contributed by atoms with E-state index in [0.717, 1.165) is 32.4 Å². The molecule has 0 saturated heterocycles. The Morgan fingerprint density at radius 1 is 1.10 bits per heavy atom. The normalized spacial score (nSPS) is 11.1. The topological polar surface area (TPSA) is 63.1 Å². The van der Waals surface area contributed by atoms with Gasteiger partial charge in [0.25, 0.3) is 0 Å². The molecule has 0 spiro atoms. The van der Waals surface area contributed by atoms with Gasteiger partial charge in [-0.2, -0.15) is 10.1 Å². The van der Waals surface area contributed by atoms with Gasteiger partial charge in [0.2, 0.25) is 5.91 Å². The van der Waals surface area contributed by atoms with Crippen LogP contribution in [-0.2, 0) is 11.3 Å². The summed E-state index contributed by atoms with van der Waals surface area (Å²) in [5.41, 5.74) is 6.22. The Bertz CT molecular complexity index is 1190. The molecule has 0 atom stereocenters. The molecule has 30 heavy (non-hydrogen) atoms. The van der Waals surface area contributed by atoms with Gasteiger partial charge >= 0.3 is 0 Å². The van der Waals surface area contributed by atoms with Crippen LogP contribution in [0, 0.1) is 20.8 Å². The lowest BCUT2D eigenvalue weighted by Gasteiger charge is -2.15. The molecule has 2 aromatic carbocycles. The maximum atomic E-state index is 12.4. The Balaban J connectivity index is 1.48. The van der Waals surface area contributed by atoms with Gasteiger partial charge in [0.15, 0.2) is 10.8 Å². The summed E-state index contributed by atoms with van der Waals surface area (Å²) in [6.07, 6.45) is 0. The Kier molecular flexibility index (Phi) is 5.55. The number of benzene rings is 2. The quantitative estimate of drug-likeness (QED) is 0.510. The SMILES string of the molecule is Cc1ccc(CNC(=O)CN(C)c2nc3c(s2)c(C)nn3-c2cccc(C)c2)cc1. The zero-order valence-electron chi connectivity index (χ0n) is 17.6. The van der Waals surface area contributed by atoms with Crippen LogP contribution < -0.4 is 10.2 Å². The minimum Gasteiger partial charge on any atom is -0.350 e. The van der Waals surface area contributed by atoms with E-state index in [0.29, 0.717) is 6.54 Å². The number of aromatic nitrogens is 3. The molecule has 2 heterocycles. The molecule has 4 aromatic rings. The highest BCUT2D eigenvalue weighted by Crippen LogP contribution is 2.32. The standard InChI is InChI=1S/C23H25N5OS/c1-15-8-10-18(11-9-15)13-24-20(29)14-27(4)23-25-22-21(30-23)17(3)26-28(22)19-7-5-6-16(2)12-19/h5-12H,13-14H2,1-4H3,(H,24,29). The van der Waals surface area contributed by atoms with Crippen LogP contribution in [0.1, 0.15) is 22.4 Å². The minimum atomic E-state index is -0.0330. The van der Waals surface area contributed by atoms with Crippen LogP contribution in [-0.4, -0.2) is 34.3 Å². The summed E-state index contributed by atoms with van der Waals surface area (Å²) in [6, 6.07) is 16.4. The number of anilines is 1. The van der Waals surface area contributed by atoms with E-state index in [4.69, 9.17) is 4.98 Å². The third-order valence-electron chi connectivity index (χ3n) is 4.94. The predicted molar refractivity (Wildman–Crippen MR) is 123 cm³/mol. The van der Waals surface area contributed by atoms with E-state index in [-0.39, 0.29) is 12.5 Å². The van der Waals surface area contributed by atoms with E-state index < -0.39 is 0 Å². The van der Waals surface area contributed by atoms with E-state index >= 15 is 0 Å². The number of carbonyl (C=O) groups excluding carboxylic acids is 1. The molecule has 0 unspecified atom stereocenters. The first-order chi connectivity index (χ1) is 14.4. The summed E-state index contributed by atoms with van der Waals surface area (Å²) in [5.74, 6) is -0.0330. The van der Waals surface area contributed by atoms with Crippen LogP contribution in [0.5, 0.6) is 0 Å². The van der Waals surface area contributed by atoms with E-state index in [2.05, 4.69) is 48.5 Å². The van der Waals surface area contributed by atoms with Gasteiger partial charge in [0, 0.05) is 13.6 Å². The Hall–Kier alpha value is -3.19. The molecule has 4 rings (SSSR count). The number of nitrogens with zero attached hydrogens (tertiary/aromatic N) is 4. The third kappa shape index (κ3) is 4.21. The zero-order valence-corrected chi connectivity index (χ0v) is 18.5. The van der Waals surface area contributed by atoms with Gasteiger partial charge in [-0.05, 0) is 44.0 Å². The molecule has 6 nitrogen and oxygen atoms in total. The number of amides is 1. The zero-order chi connectivity index (χ0) is 21.3. The van der Waals surface area contributed by atoms with Crippen molar-refractivity contribution in [3.05, 3.63) is 70.9 Å². The summed E-state index contributed by atoms with van der Waals surface area (Å²) >= 11 is 1.56. The molecule has 1 N–H and O–H groups in total. The van der Waals surface area contributed by atoms with Crippen molar-refractivity contribution in [3.8, 4) is 5.69 Å². The Labute approximate surface area is 180 Å². The van der Waals surface area contributed by atoms with Crippen LogP contribution in [0.4, 0.5) is 5.13 Å². The molecule has 0 bridgehead atoms. The highest BCUT2D eigenvalue weighted by atomic mass is 32.1. The van der Waals surface area contributed by atoms with Crippen LogP contribution in [0.15, 0.2) is 48.5 Å². The van der Waals surface area contributed by atoms with E-state index in [1.54, 1.807) is 11.3 Å². The second-order valence-corrected chi connectivity index (χ2v) is 8.58. The van der Waals surface area contributed by atoms with Crippen molar-refractivity contribution >= 4 is 32.7 Å². The molecule has 7 heteroatoms. The van der Waals surface area contributed by atoms with Crippen molar-refractivity contribution in [3.63, 3.8) is 0 Å². The first-order valence-corrected chi connectivity index (χ1v) is 10.7. The monoisotopic (exact) mass is 419 g/mol. The second kappa shape index (κ2) is 8.28. The first kappa shape index (κ1) is 20.1. The van der Waals surface area contributed by atoms with Crippen LogP contribution in [0.3, 0.4) is 0 Å². The molecule has 0 aliphatic rings. The lowest BCUT2D eigenvalue weighted by Crippen LogP contribution is -2.34. The van der Waals surface area contributed by atoms with E-state index in [1.165, 1.54) is 11.1 Å². The number of hydrogen-bond acceptors (Lipinski definition) is 5. The Morgan fingerprint density at radius 3 is 2.60 bits per heavy atom. The number of rotatable bonds is 6. The van der Waals surface area contributed by atoms with Gasteiger partial charge in [-0.3, -0.25) is 4.79 Å². The fraction of sp³-hybridized carbons (Fsp3) is 0.261. The van der Waals surface area contributed by atoms with Gasteiger partial charge < -0.3 is 10.2 Å². The highest BCUT2D eigenvalue weighted by Gasteiger charge is 2.18. The molecule has 154 valence electrons. The summed E-state index contributed by atoms with van der Waals surface area (Å²) in [5, 5.41) is 8.44. The summed E-state index contributed by atoms with van der Waals surface area (Å²) in [4.78, 5) is 19.1. The number of nitrogens with one attached hydrogen (secondary N) is 1. The summed E-state index contributed by atoms with van der Waals surface area (Å²) in [7, 11) is 1.89. The van der Waals surface area contributed by atoms with Gasteiger partial charge in [0.1, 0.15) is 0 Å². The Morgan fingerprint density at radius 2 is 1.87 bits per heavy atom. The van der Waals surface area contributed by atoms with E-state index in [1.807, 2.05) is 47.8 Å². The maximum absolute atomic E-state index is 12.4. The molecular formula is C23H25N5OS. The number of likely N-dealkylation sites (N-methyl/N-ethyl adjacent to an activating group) is 1. The average molecular weight is 420 g/mol. The number of carbonyl (C=O) groups is 1. The lowest BCUT2D eigenvalue weighted by molar-refractivity contribution is -0.119. The van der Waals surface area contributed by atoms with Crippen molar-refractivity contribution in [2.45, 2.75) is 27.3 Å². The molecule has 0 aliphatic heterocycles. The number of hydrogen-bond donors (Lipinski definition) is 1. The molecule has 0 fully saturated rings. The molecule has 1 amide bonds. The van der Waals surface area contributed by atoms with Crippen LogP contribution in [0.2, 0.25) is 0 Å². The van der Waals surface area contributed by atoms with Gasteiger partial charge in [-0.15, -0.1) is 0 Å². The number of fused-ring (bicyclic) bond motifs is 1. The highest BCUT2D eigenvalue weighted by molar-refractivity contribution is 7.22. The fourth-order valence-electron chi connectivity index (χ4n) is 3.27. The van der Waals surface area contributed by atoms with Gasteiger partial charge in [0.05, 0.1) is 22.6 Å². The second-order valence-electron chi connectivity index (χ2n) is 7.60. The molecule has 0 radical (unpaired) electrons. The van der Waals surface area contributed by atoms with Gasteiger partial charge in [-0.25, -0.2) is 4.68 Å². The molecular weight excluding hydrogens is 394 g/mol. The number of aryl methyl sites for hydroxylation is 3. The molecule has 0 saturated carbocycles. The smallest absolute Gasteiger partial charge is 0.239 e. The van der Waals surface area contributed by atoms with E-state index in [9.17, 15) is 4.79 Å².